The molecular weight excluding hydrogens is 232 g/mol. The summed E-state index contributed by atoms with van der Waals surface area (Å²) >= 11 is 5.86. The molecule has 3 heteroatoms. The van der Waals surface area contributed by atoms with Crippen LogP contribution < -0.4 is 5.32 Å². The number of nitrogens with one attached hydrogen (secondary N) is 1. The Morgan fingerprint density at radius 1 is 1.24 bits per heavy atom. The highest BCUT2D eigenvalue weighted by Gasteiger charge is 2.03. The van der Waals surface area contributed by atoms with Crippen LogP contribution in [0.25, 0.3) is 17.2 Å². The molecule has 0 bridgehead atoms. The molecule has 0 radical (unpaired) electrons. The van der Waals surface area contributed by atoms with Crippen LogP contribution in [0.15, 0.2) is 43.1 Å². The summed E-state index contributed by atoms with van der Waals surface area (Å²) in [6.07, 6.45) is 3.63. The second-order valence-electron chi connectivity index (χ2n) is 3.62. The van der Waals surface area contributed by atoms with E-state index in [1.807, 2.05) is 37.5 Å². The molecule has 1 N–H and O–H groups in total. The number of halogens is 1. The Balaban J connectivity index is 2.46. The number of nitrogens with zero attached hydrogens (tertiary/aromatic N) is 1. The second-order valence-corrected chi connectivity index (χ2v) is 4.06. The van der Waals surface area contributed by atoms with Crippen LogP contribution in [-0.4, -0.2) is 12.0 Å². The van der Waals surface area contributed by atoms with Crippen molar-refractivity contribution in [3.05, 3.63) is 53.7 Å². The van der Waals surface area contributed by atoms with Crippen molar-refractivity contribution >= 4 is 23.5 Å². The van der Waals surface area contributed by atoms with Crippen molar-refractivity contribution < 1.29 is 0 Å². The molecule has 0 aliphatic heterocycles. The van der Waals surface area contributed by atoms with Gasteiger partial charge in [0.2, 0.25) is 0 Å². The second kappa shape index (κ2) is 5.02. The molecule has 2 aromatic rings. The highest BCUT2D eigenvalue weighted by molar-refractivity contribution is 6.30. The Labute approximate surface area is 106 Å². The van der Waals surface area contributed by atoms with Gasteiger partial charge in [-0.2, -0.15) is 0 Å². The van der Waals surface area contributed by atoms with Crippen LogP contribution in [0.1, 0.15) is 5.56 Å². The summed E-state index contributed by atoms with van der Waals surface area (Å²) in [5, 5.41) is 3.76. The smallest absolute Gasteiger partial charge is 0.132 e. The Bertz CT molecular complexity index is 532. The number of aromatic nitrogens is 1. The molecule has 0 aliphatic rings. The highest BCUT2D eigenvalue weighted by Crippen LogP contribution is 2.24. The highest BCUT2D eigenvalue weighted by atomic mass is 35.5. The molecule has 0 fully saturated rings. The predicted molar refractivity (Wildman–Crippen MR) is 74.3 cm³/mol. The maximum Gasteiger partial charge on any atom is 0.132 e. The van der Waals surface area contributed by atoms with Crippen molar-refractivity contribution in [1.29, 1.82) is 0 Å². The van der Waals surface area contributed by atoms with Gasteiger partial charge in [0.05, 0.1) is 0 Å². The lowest BCUT2D eigenvalue weighted by atomic mass is 10.1. The van der Waals surface area contributed by atoms with Crippen molar-refractivity contribution in [2.45, 2.75) is 0 Å². The van der Waals surface area contributed by atoms with Crippen LogP contribution >= 0.6 is 11.6 Å². The van der Waals surface area contributed by atoms with Crippen molar-refractivity contribution in [3.63, 3.8) is 0 Å². The maximum absolute atomic E-state index is 5.86. The van der Waals surface area contributed by atoms with Crippen LogP contribution in [0.2, 0.25) is 5.02 Å². The summed E-state index contributed by atoms with van der Waals surface area (Å²) < 4.78 is 0. The third-order valence-corrected chi connectivity index (χ3v) is 2.80. The van der Waals surface area contributed by atoms with Crippen LogP contribution in [0.4, 0.5) is 5.82 Å². The van der Waals surface area contributed by atoms with E-state index in [0.717, 1.165) is 27.5 Å². The van der Waals surface area contributed by atoms with Gasteiger partial charge in [-0.15, -0.1) is 0 Å². The zero-order valence-electron chi connectivity index (χ0n) is 9.57. The topological polar surface area (TPSA) is 24.9 Å². The summed E-state index contributed by atoms with van der Waals surface area (Å²) in [6, 6.07) is 9.75. The van der Waals surface area contributed by atoms with Gasteiger partial charge in [-0.05, 0) is 23.8 Å². The lowest BCUT2D eigenvalue weighted by Crippen LogP contribution is -1.95. The first-order valence-corrected chi connectivity index (χ1v) is 5.68. The molecule has 0 amide bonds. The number of pyridine rings is 1. The van der Waals surface area contributed by atoms with Crippen LogP contribution in [0.3, 0.4) is 0 Å². The lowest BCUT2D eigenvalue weighted by molar-refractivity contribution is 1.28. The zero-order valence-corrected chi connectivity index (χ0v) is 10.3. The van der Waals surface area contributed by atoms with E-state index in [4.69, 9.17) is 11.6 Å². The fourth-order valence-electron chi connectivity index (χ4n) is 1.65. The lowest BCUT2D eigenvalue weighted by Gasteiger charge is -2.07. The van der Waals surface area contributed by atoms with Crippen molar-refractivity contribution in [1.82, 2.24) is 4.98 Å². The molecule has 1 aromatic carbocycles. The minimum absolute atomic E-state index is 0.734. The first-order valence-electron chi connectivity index (χ1n) is 5.31. The van der Waals surface area contributed by atoms with Gasteiger partial charge in [0.25, 0.3) is 0 Å². The van der Waals surface area contributed by atoms with Gasteiger partial charge in [-0.3, -0.25) is 0 Å². The van der Waals surface area contributed by atoms with E-state index in [2.05, 4.69) is 22.9 Å². The number of hydrogen-bond donors (Lipinski definition) is 1. The van der Waals surface area contributed by atoms with Gasteiger partial charge in [0.1, 0.15) is 5.82 Å². The van der Waals surface area contributed by atoms with Crippen LogP contribution in [-0.2, 0) is 0 Å². The van der Waals surface area contributed by atoms with E-state index in [-0.39, 0.29) is 0 Å². The van der Waals surface area contributed by atoms with Gasteiger partial charge in [0.15, 0.2) is 0 Å². The van der Waals surface area contributed by atoms with Crippen LogP contribution in [0.5, 0.6) is 0 Å². The van der Waals surface area contributed by atoms with Gasteiger partial charge in [0, 0.05) is 29.4 Å². The SMILES string of the molecule is C=Cc1cc(-c2ccc(Cl)cc2)cnc1NC. The predicted octanol–water partition coefficient (Wildman–Crippen LogP) is 4.09. The van der Waals surface area contributed by atoms with Gasteiger partial charge < -0.3 is 5.32 Å². The number of rotatable bonds is 3. The van der Waals surface area contributed by atoms with E-state index in [0.29, 0.717) is 0 Å². The maximum atomic E-state index is 5.86. The number of anilines is 1. The standard InChI is InChI=1S/C14H13ClN2/c1-3-10-8-12(9-17-14(10)16-2)11-4-6-13(15)7-5-11/h3-9H,1H2,2H3,(H,16,17). The summed E-state index contributed by atoms with van der Waals surface area (Å²) in [7, 11) is 1.84. The average Bonchev–Trinajstić information content (AvgIpc) is 2.39. The van der Waals surface area contributed by atoms with Crippen molar-refractivity contribution in [2.75, 3.05) is 12.4 Å². The van der Waals surface area contributed by atoms with E-state index in [1.54, 1.807) is 6.08 Å². The van der Waals surface area contributed by atoms with Gasteiger partial charge in [-0.1, -0.05) is 36.4 Å². The third kappa shape index (κ3) is 2.48. The van der Waals surface area contributed by atoms with Gasteiger partial charge >= 0.3 is 0 Å². The van der Waals surface area contributed by atoms with Crippen molar-refractivity contribution in [2.24, 2.45) is 0 Å². The van der Waals surface area contributed by atoms with Crippen molar-refractivity contribution in [3.8, 4) is 11.1 Å². The molecule has 1 aromatic heterocycles. The Morgan fingerprint density at radius 2 is 1.94 bits per heavy atom. The molecule has 0 saturated carbocycles. The molecule has 0 aliphatic carbocycles. The number of benzene rings is 1. The fourth-order valence-corrected chi connectivity index (χ4v) is 1.77. The Hall–Kier alpha value is -1.80. The fraction of sp³-hybridized carbons (Fsp3) is 0.0714. The molecule has 2 nitrogen and oxygen atoms in total. The Morgan fingerprint density at radius 3 is 2.53 bits per heavy atom. The minimum Gasteiger partial charge on any atom is -0.373 e. The summed E-state index contributed by atoms with van der Waals surface area (Å²) in [6.45, 7) is 3.79. The molecule has 17 heavy (non-hydrogen) atoms. The summed E-state index contributed by atoms with van der Waals surface area (Å²) in [5.41, 5.74) is 3.13. The average molecular weight is 245 g/mol. The normalized spacial score (nSPS) is 10.0. The molecule has 2 rings (SSSR count). The Kier molecular flexibility index (Phi) is 3.45. The van der Waals surface area contributed by atoms with Gasteiger partial charge in [-0.25, -0.2) is 4.98 Å². The van der Waals surface area contributed by atoms with E-state index >= 15 is 0 Å². The van der Waals surface area contributed by atoms with E-state index < -0.39 is 0 Å². The van der Waals surface area contributed by atoms with E-state index in [1.165, 1.54) is 0 Å². The first kappa shape index (κ1) is 11.7. The van der Waals surface area contributed by atoms with Crippen LogP contribution in [0, 0.1) is 0 Å². The monoisotopic (exact) mass is 244 g/mol. The van der Waals surface area contributed by atoms with E-state index in [9.17, 15) is 0 Å². The molecule has 1 heterocycles. The quantitative estimate of drug-likeness (QED) is 0.880. The largest absolute Gasteiger partial charge is 0.373 e. The molecule has 0 spiro atoms. The third-order valence-electron chi connectivity index (χ3n) is 2.55. The zero-order chi connectivity index (χ0) is 12.3. The number of hydrogen-bond acceptors (Lipinski definition) is 2. The molecule has 0 unspecified atom stereocenters. The first-order chi connectivity index (χ1) is 8.24. The molecule has 86 valence electrons. The summed E-state index contributed by atoms with van der Waals surface area (Å²) in [4.78, 5) is 4.35. The minimum atomic E-state index is 0.734. The molecule has 0 saturated heterocycles. The summed E-state index contributed by atoms with van der Waals surface area (Å²) in [5.74, 6) is 0.831. The molecule has 0 atom stereocenters. The molecular formula is C14H13ClN2.